The first-order valence-corrected chi connectivity index (χ1v) is 11.7. The molecule has 39 heavy (non-hydrogen) atoms. The molecule has 2 aliphatic heterocycles. The van der Waals surface area contributed by atoms with Crippen LogP contribution in [0, 0.1) is 11.8 Å². The van der Waals surface area contributed by atoms with Crippen LogP contribution in [0.3, 0.4) is 0 Å². The molecule has 3 N–H and O–H groups in total. The van der Waals surface area contributed by atoms with Gasteiger partial charge in [-0.25, -0.2) is 24.3 Å². The summed E-state index contributed by atoms with van der Waals surface area (Å²) in [6.45, 7) is 0.174. The summed E-state index contributed by atoms with van der Waals surface area (Å²) >= 11 is 0. The Morgan fingerprint density at radius 1 is 1.10 bits per heavy atom. The summed E-state index contributed by atoms with van der Waals surface area (Å²) in [4.78, 5) is 33.3. The number of amidine groups is 1. The van der Waals surface area contributed by atoms with E-state index in [2.05, 4.69) is 30.2 Å². The number of pyridine rings is 2. The van der Waals surface area contributed by atoms with Gasteiger partial charge in [0.1, 0.15) is 22.8 Å². The third kappa shape index (κ3) is 4.23. The van der Waals surface area contributed by atoms with Crippen molar-refractivity contribution >= 4 is 17.6 Å². The molecule has 0 bridgehead atoms. The molecule has 0 saturated heterocycles. The molecule has 1 aromatic carbocycles. The lowest BCUT2D eigenvalue weighted by molar-refractivity contribution is 0.102. The van der Waals surface area contributed by atoms with Gasteiger partial charge in [0.15, 0.2) is 5.75 Å². The first-order valence-electron chi connectivity index (χ1n) is 11.7. The number of carbonyl (C=O) groups is 1. The summed E-state index contributed by atoms with van der Waals surface area (Å²) in [6, 6.07) is 7.50. The highest BCUT2D eigenvalue weighted by Crippen LogP contribution is 2.53. The quantitative estimate of drug-likeness (QED) is 0.377. The van der Waals surface area contributed by atoms with Crippen molar-refractivity contribution in [2.24, 2.45) is 10.7 Å². The second-order valence-corrected chi connectivity index (χ2v) is 8.69. The van der Waals surface area contributed by atoms with Crippen LogP contribution in [0.5, 0.6) is 17.4 Å². The van der Waals surface area contributed by atoms with Gasteiger partial charge in [-0.15, -0.1) is 0 Å². The van der Waals surface area contributed by atoms with E-state index in [1.54, 1.807) is 24.3 Å². The van der Waals surface area contributed by atoms with Gasteiger partial charge in [0.2, 0.25) is 5.88 Å². The average molecular weight is 531 g/mol. The van der Waals surface area contributed by atoms with Crippen molar-refractivity contribution < 1.29 is 27.8 Å². The van der Waals surface area contributed by atoms with Crippen molar-refractivity contribution in [3.05, 3.63) is 83.7 Å². The Bertz CT molecular complexity index is 1650. The van der Waals surface area contributed by atoms with Crippen LogP contribution in [0.4, 0.5) is 14.5 Å². The van der Waals surface area contributed by atoms with Crippen molar-refractivity contribution in [1.29, 1.82) is 0 Å². The maximum Gasteiger partial charge on any atom is 0.283 e. The highest BCUT2D eigenvalue weighted by molar-refractivity contribution is 6.02. The molecule has 0 saturated carbocycles. The van der Waals surface area contributed by atoms with Crippen molar-refractivity contribution in [3.63, 3.8) is 0 Å². The number of nitrogens with two attached hydrogens (primary N) is 1. The molecule has 0 fully saturated rings. The van der Waals surface area contributed by atoms with E-state index in [1.807, 2.05) is 0 Å². The second-order valence-electron chi connectivity index (χ2n) is 8.69. The minimum Gasteiger partial charge on any atom is -0.480 e. The third-order valence-corrected chi connectivity index (χ3v) is 6.36. The first-order chi connectivity index (χ1) is 18.9. The van der Waals surface area contributed by atoms with Gasteiger partial charge in [0.05, 0.1) is 38.0 Å². The molecule has 3 aromatic heterocycles. The molecule has 13 heteroatoms. The molecule has 1 spiro atoms. The molecule has 0 unspecified atom stereocenters. The lowest BCUT2D eigenvalue weighted by Gasteiger charge is -2.39. The van der Waals surface area contributed by atoms with Gasteiger partial charge in [0, 0.05) is 35.0 Å². The Balaban J connectivity index is 1.45. The van der Waals surface area contributed by atoms with Crippen LogP contribution in [0.25, 0.3) is 11.3 Å². The Labute approximate surface area is 219 Å². The smallest absolute Gasteiger partial charge is 0.283 e. The van der Waals surface area contributed by atoms with Gasteiger partial charge < -0.3 is 25.3 Å². The maximum atomic E-state index is 15.4. The maximum absolute atomic E-state index is 15.4. The van der Waals surface area contributed by atoms with E-state index in [9.17, 15) is 9.18 Å². The highest BCUT2D eigenvalue weighted by atomic mass is 19.1. The fourth-order valence-electron chi connectivity index (χ4n) is 4.58. The first kappa shape index (κ1) is 24.2. The van der Waals surface area contributed by atoms with Gasteiger partial charge >= 0.3 is 0 Å². The van der Waals surface area contributed by atoms with Gasteiger partial charge in [-0.3, -0.25) is 9.78 Å². The zero-order valence-corrected chi connectivity index (χ0v) is 20.3. The van der Waals surface area contributed by atoms with E-state index >= 15 is 4.39 Å². The number of rotatable bonds is 4. The summed E-state index contributed by atoms with van der Waals surface area (Å²) < 4.78 is 45.6. The minimum atomic E-state index is -1.24. The number of methoxy groups -OCH3 is 1. The molecule has 1 atom stereocenters. The third-order valence-electron chi connectivity index (χ3n) is 6.36. The topological polar surface area (TPSA) is 147 Å². The SMILES string of the molecule is COc1cnc(C(=O)Nc2ccc3c(c2)[C@@]2(CCOC(N)=N2)c2cc(-c4cncc(F)c4)nc(F)c2O3)cn1. The summed E-state index contributed by atoms with van der Waals surface area (Å²) in [7, 11) is 1.44. The van der Waals surface area contributed by atoms with E-state index in [0.717, 1.165) is 6.20 Å². The summed E-state index contributed by atoms with van der Waals surface area (Å²) in [5.41, 5.74) is 6.45. The zero-order chi connectivity index (χ0) is 27.1. The number of nitrogens with zero attached hydrogens (tertiary/aromatic N) is 5. The van der Waals surface area contributed by atoms with Crippen molar-refractivity contribution in [1.82, 2.24) is 19.9 Å². The molecule has 4 aromatic rings. The van der Waals surface area contributed by atoms with E-state index in [4.69, 9.17) is 19.9 Å². The Hall–Kier alpha value is -5.20. The fraction of sp³-hybridized carbons (Fsp3) is 0.154. The predicted molar refractivity (Wildman–Crippen MR) is 133 cm³/mol. The number of hydrogen-bond donors (Lipinski definition) is 2. The number of fused-ring (bicyclic) bond motifs is 4. The van der Waals surface area contributed by atoms with Crippen molar-refractivity contribution in [2.45, 2.75) is 12.0 Å². The number of benzene rings is 1. The molecular weight excluding hydrogens is 512 g/mol. The van der Waals surface area contributed by atoms with Crippen molar-refractivity contribution in [2.75, 3.05) is 19.0 Å². The monoisotopic (exact) mass is 531 g/mol. The number of carbonyl (C=O) groups excluding carboxylic acids is 1. The number of halogens is 2. The summed E-state index contributed by atoms with van der Waals surface area (Å²) in [6.07, 6.45) is 5.29. The molecule has 6 rings (SSSR count). The van der Waals surface area contributed by atoms with Gasteiger partial charge in [-0.05, 0) is 30.3 Å². The number of anilines is 1. The number of amides is 1. The van der Waals surface area contributed by atoms with Crippen LogP contribution in [-0.2, 0) is 10.3 Å². The molecule has 2 aliphatic rings. The minimum absolute atomic E-state index is 0.0691. The van der Waals surface area contributed by atoms with Gasteiger partial charge in [-0.1, -0.05) is 0 Å². The van der Waals surface area contributed by atoms with Crippen LogP contribution in [0.2, 0.25) is 0 Å². The lowest BCUT2D eigenvalue weighted by atomic mass is 9.77. The van der Waals surface area contributed by atoms with E-state index < -0.39 is 23.2 Å². The molecule has 5 heterocycles. The van der Waals surface area contributed by atoms with Crippen LogP contribution < -0.4 is 20.5 Å². The summed E-state index contributed by atoms with van der Waals surface area (Å²) in [5.74, 6) is -1.60. The number of ether oxygens (including phenoxy) is 3. The molecule has 1 amide bonds. The second kappa shape index (κ2) is 9.28. The highest BCUT2D eigenvalue weighted by Gasteiger charge is 2.46. The molecule has 0 radical (unpaired) electrons. The number of nitrogens with one attached hydrogen (secondary N) is 1. The van der Waals surface area contributed by atoms with Crippen LogP contribution >= 0.6 is 0 Å². The zero-order valence-electron chi connectivity index (χ0n) is 20.3. The Morgan fingerprint density at radius 2 is 1.97 bits per heavy atom. The number of aromatic nitrogens is 4. The fourth-order valence-corrected chi connectivity index (χ4v) is 4.58. The van der Waals surface area contributed by atoms with E-state index in [1.165, 1.54) is 31.8 Å². The lowest BCUT2D eigenvalue weighted by Crippen LogP contribution is -2.39. The van der Waals surface area contributed by atoms with Crippen LogP contribution in [0.1, 0.15) is 28.0 Å². The van der Waals surface area contributed by atoms with Crippen molar-refractivity contribution in [3.8, 4) is 28.6 Å². The predicted octanol–water partition coefficient (Wildman–Crippen LogP) is 3.56. The normalized spacial score (nSPS) is 17.3. The molecule has 11 nitrogen and oxygen atoms in total. The molecule has 196 valence electrons. The van der Waals surface area contributed by atoms with Gasteiger partial charge in [0.25, 0.3) is 17.9 Å². The molecular formula is C26H19F2N7O4. The standard InChI is InChI=1S/C26H19F2N7O4/c1-37-21-12-31-19(11-32-21)24(36)33-15-2-3-20-16(7-15)26(4-5-38-25(29)35-26)17-8-18(34-23(28)22(17)39-20)13-6-14(27)10-30-9-13/h2-3,6-12H,4-5H2,1H3,(H2,29,35)(H,33,36)/t26-/m0/s1. The average Bonchev–Trinajstić information content (AvgIpc) is 2.94. The summed E-state index contributed by atoms with van der Waals surface area (Å²) in [5, 5.41) is 2.77. The van der Waals surface area contributed by atoms with Crippen LogP contribution in [0.15, 0.2) is 60.1 Å². The number of hydrogen-bond acceptors (Lipinski definition) is 10. The Morgan fingerprint density at radius 3 is 2.72 bits per heavy atom. The largest absolute Gasteiger partial charge is 0.480 e. The van der Waals surface area contributed by atoms with Gasteiger partial charge in [-0.2, -0.15) is 4.39 Å². The molecule has 0 aliphatic carbocycles. The van der Waals surface area contributed by atoms with Crippen LogP contribution in [-0.4, -0.2) is 45.6 Å². The van der Waals surface area contributed by atoms with E-state index in [0.29, 0.717) is 22.6 Å². The Kier molecular flexibility index (Phi) is 5.74. The van der Waals surface area contributed by atoms with E-state index in [-0.39, 0.29) is 47.6 Å². The number of aliphatic imine (C=N–C) groups is 1.